The molecule has 27 heavy (non-hydrogen) atoms. The van der Waals surface area contributed by atoms with E-state index >= 15 is 0 Å². The Kier molecular flexibility index (Phi) is 9.56. The minimum Gasteiger partial charge on any atom is -0.295 e. The third kappa shape index (κ3) is 6.76. The van der Waals surface area contributed by atoms with E-state index < -0.39 is 7.14 Å². The summed E-state index contributed by atoms with van der Waals surface area (Å²) in [4.78, 5) is 12.9. The highest BCUT2D eigenvalue weighted by atomic mass is 31.2. The number of ketones is 1. The van der Waals surface area contributed by atoms with E-state index in [9.17, 15) is 4.79 Å². The molecule has 0 fully saturated rings. The van der Waals surface area contributed by atoms with E-state index in [2.05, 4.69) is 52.0 Å². The third-order valence-electron chi connectivity index (χ3n) is 5.61. The summed E-state index contributed by atoms with van der Waals surface area (Å²) in [6.45, 7) is 9.36. The van der Waals surface area contributed by atoms with Crippen molar-refractivity contribution in [1.29, 1.82) is 0 Å². The van der Waals surface area contributed by atoms with Crippen LogP contribution in [0.1, 0.15) is 69.7 Å². The standard InChI is InChI=1S/C24H36BOP/c1-4-7-16-27(17-8-5-2,18-9-6-3)25-20-24(26)23-15-14-21-12-10-11-13-22(21)19-23/h10-15,19H,4-9,16-18,20H2,1-3H3/q+1. The van der Waals surface area contributed by atoms with E-state index in [1.807, 2.05) is 18.2 Å². The molecule has 0 aliphatic carbocycles. The van der Waals surface area contributed by atoms with E-state index in [1.54, 1.807) is 0 Å². The number of carbonyl (C=O) groups excluding carboxylic acids is 1. The summed E-state index contributed by atoms with van der Waals surface area (Å²) in [5, 5.41) is 2.36. The van der Waals surface area contributed by atoms with Crippen LogP contribution >= 0.6 is 7.14 Å². The van der Waals surface area contributed by atoms with Crippen molar-refractivity contribution in [2.24, 2.45) is 0 Å². The molecule has 0 saturated carbocycles. The van der Waals surface area contributed by atoms with Gasteiger partial charge in [0.2, 0.25) is 0 Å². The summed E-state index contributed by atoms with van der Waals surface area (Å²) in [5.74, 6) is 0.287. The zero-order valence-electron chi connectivity index (χ0n) is 17.5. The molecule has 2 aromatic rings. The number of rotatable bonds is 13. The Hall–Kier alpha value is -1.14. The number of carbonyl (C=O) groups is 1. The lowest BCUT2D eigenvalue weighted by Gasteiger charge is -2.27. The fourth-order valence-corrected chi connectivity index (χ4v) is 8.40. The van der Waals surface area contributed by atoms with Gasteiger partial charge in [-0.3, -0.25) is 4.79 Å². The summed E-state index contributed by atoms with van der Waals surface area (Å²) >= 11 is 0. The molecule has 145 valence electrons. The highest BCUT2D eigenvalue weighted by Crippen LogP contribution is 2.59. The van der Waals surface area contributed by atoms with Gasteiger partial charge in [-0.05, 0) is 43.2 Å². The first-order chi connectivity index (χ1) is 13.1. The maximum absolute atomic E-state index is 12.9. The second-order valence-electron chi connectivity index (χ2n) is 7.82. The predicted octanol–water partition coefficient (Wildman–Crippen LogP) is 7.48. The first-order valence-corrected chi connectivity index (χ1v) is 13.3. The van der Waals surface area contributed by atoms with Crippen molar-refractivity contribution >= 4 is 30.7 Å². The highest BCUT2D eigenvalue weighted by Gasteiger charge is 2.37. The summed E-state index contributed by atoms with van der Waals surface area (Å²) in [5.41, 5.74) is 0.865. The Balaban J connectivity index is 2.10. The normalized spacial score (nSPS) is 11.7. The van der Waals surface area contributed by atoms with E-state index in [1.165, 1.54) is 62.4 Å². The van der Waals surface area contributed by atoms with Crippen LogP contribution < -0.4 is 0 Å². The SMILES string of the molecule is CCCC[P+]([B]CC(=O)c1ccc2ccccc2c1)(CCCC)CCCC. The van der Waals surface area contributed by atoms with Crippen molar-refractivity contribution < 1.29 is 4.79 Å². The zero-order valence-corrected chi connectivity index (χ0v) is 18.4. The van der Waals surface area contributed by atoms with Gasteiger partial charge in [0.05, 0.1) is 0 Å². The van der Waals surface area contributed by atoms with Gasteiger partial charge in [-0.25, -0.2) is 0 Å². The van der Waals surface area contributed by atoms with Crippen LogP contribution in [0.5, 0.6) is 0 Å². The molecule has 2 aromatic carbocycles. The van der Waals surface area contributed by atoms with Crippen LogP contribution in [-0.2, 0) is 0 Å². The van der Waals surface area contributed by atoms with E-state index in [0.29, 0.717) is 6.32 Å². The average Bonchev–Trinajstić information content (AvgIpc) is 2.72. The summed E-state index contributed by atoms with van der Waals surface area (Å²) in [7, 11) is -1.11. The van der Waals surface area contributed by atoms with Gasteiger partial charge < -0.3 is 0 Å². The number of hydrogen-bond acceptors (Lipinski definition) is 1. The van der Waals surface area contributed by atoms with Gasteiger partial charge in [0.25, 0.3) is 0 Å². The Labute approximate surface area is 167 Å². The Morgan fingerprint density at radius 1 is 0.815 bits per heavy atom. The van der Waals surface area contributed by atoms with Crippen molar-refractivity contribution in [3.63, 3.8) is 0 Å². The number of fused-ring (bicyclic) bond motifs is 1. The van der Waals surface area contributed by atoms with Gasteiger partial charge in [-0.2, -0.15) is 0 Å². The van der Waals surface area contributed by atoms with Crippen molar-refractivity contribution in [2.75, 3.05) is 18.5 Å². The van der Waals surface area contributed by atoms with Crippen LogP contribution in [0.3, 0.4) is 0 Å². The fraction of sp³-hybridized carbons (Fsp3) is 0.542. The Morgan fingerprint density at radius 3 is 1.93 bits per heavy atom. The molecule has 0 aliphatic heterocycles. The van der Waals surface area contributed by atoms with Crippen molar-refractivity contribution in [1.82, 2.24) is 0 Å². The molecule has 0 amide bonds. The molecule has 0 saturated heterocycles. The Morgan fingerprint density at radius 2 is 1.37 bits per heavy atom. The van der Waals surface area contributed by atoms with E-state index in [4.69, 9.17) is 0 Å². The number of benzene rings is 2. The van der Waals surface area contributed by atoms with Crippen molar-refractivity contribution in [2.45, 2.75) is 65.6 Å². The molecule has 0 atom stereocenters. The molecule has 0 unspecified atom stereocenters. The molecule has 0 N–H and O–H groups in total. The lowest BCUT2D eigenvalue weighted by molar-refractivity contribution is 0.101. The molecular formula is C24H36BOP+. The first kappa shape index (κ1) is 22.2. The quantitative estimate of drug-likeness (QED) is 0.199. The second kappa shape index (κ2) is 11.7. The minimum atomic E-state index is -1.11. The van der Waals surface area contributed by atoms with Gasteiger partial charge in [0, 0.05) is 30.4 Å². The van der Waals surface area contributed by atoms with Crippen LogP contribution in [0.25, 0.3) is 10.8 Å². The molecule has 0 aliphatic rings. The minimum absolute atomic E-state index is 0.287. The predicted molar refractivity (Wildman–Crippen MR) is 125 cm³/mol. The second-order valence-corrected chi connectivity index (χ2v) is 12.0. The number of Topliss-reactive ketones (excluding diaryl/α,β-unsaturated/α-hetero) is 1. The number of unbranched alkanes of at least 4 members (excludes halogenated alkanes) is 3. The maximum Gasteiger partial charge on any atom is 0.365 e. The molecular weight excluding hydrogens is 346 g/mol. The summed E-state index contributed by atoms with van der Waals surface area (Å²) in [6, 6.07) is 14.4. The third-order valence-corrected chi connectivity index (χ3v) is 10.2. The molecule has 0 heterocycles. The average molecular weight is 382 g/mol. The smallest absolute Gasteiger partial charge is 0.295 e. The van der Waals surface area contributed by atoms with Crippen LogP contribution in [-0.4, -0.2) is 31.3 Å². The lowest BCUT2D eigenvalue weighted by Crippen LogP contribution is -2.17. The zero-order chi connectivity index (χ0) is 19.5. The van der Waals surface area contributed by atoms with Gasteiger partial charge in [-0.1, -0.05) is 76.4 Å². The van der Waals surface area contributed by atoms with Crippen LogP contribution in [0.2, 0.25) is 6.32 Å². The first-order valence-electron chi connectivity index (χ1n) is 10.9. The monoisotopic (exact) mass is 382 g/mol. The molecule has 1 nitrogen and oxygen atoms in total. The van der Waals surface area contributed by atoms with Crippen molar-refractivity contribution in [3.8, 4) is 0 Å². The lowest BCUT2D eigenvalue weighted by atomic mass is 9.93. The number of hydrogen-bond donors (Lipinski definition) is 0. The van der Waals surface area contributed by atoms with Gasteiger partial charge in [0.1, 0.15) is 0 Å². The van der Waals surface area contributed by atoms with Crippen LogP contribution in [0.15, 0.2) is 42.5 Å². The van der Waals surface area contributed by atoms with Crippen molar-refractivity contribution in [3.05, 3.63) is 48.0 Å². The Bertz CT molecular complexity index is 691. The van der Waals surface area contributed by atoms with Gasteiger partial charge in [-0.15, -0.1) is 0 Å². The molecule has 2 rings (SSSR count). The summed E-state index contributed by atoms with van der Waals surface area (Å²) in [6.07, 6.45) is 12.3. The molecule has 0 bridgehead atoms. The van der Waals surface area contributed by atoms with Gasteiger partial charge in [0.15, 0.2) is 5.78 Å². The van der Waals surface area contributed by atoms with Crippen LogP contribution in [0, 0.1) is 0 Å². The maximum atomic E-state index is 12.9. The van der Waals surface area contributed by atoms with E-state index in [-0.39, 0.29) is 5.78 Å². The molecule has 0 spiro atoms. The van der Waals surface area contributed by atoms with Crippen LogP contribution in [0.4, 0.5) is 0 Å². The topological polar surface area (TPSA) is 17.1 Å². The van der Waals surface area contributed by atoms with E-state index in [0.717, 1.165) is 10.9 Å². The highest BCUT2D eigenvalue weighted by molar-refractivity contribution is 8.00. The summed E-state index contributed by atoms with van der Waals surface area (Å²) < 4.78 is 0. The molecule has 0 aromatic heterocycles. The molecule has 1 radical (unpaired) electrons. The largest absolute Gasteiger partial charge is 0.365 e. The molecule has 3 heteroatoms. The fourth-order valence-electron chi connectivity index (χ4n) is 3.79. The van der Waals surface area contributed by atoms with Gasteiger partial charge >= 0.3 is 7.00 Å².